The number of rotatable bonds is 32. The van der Waals surface area contributed by atoms with Crippen LogP contribution in [0.1, 0.15) is 44.5 Å². The number of hydrogen-bond donors (Lipinski definition) is 0. The van der Waals surface area contributed by atoms with Crippen LogP contribution in [0.4, 0.5) is 0 Å². The molecular formula is C96H80N8S8Zn. The summed E-state index contributed by atoms with van der Waals surface area (Å²) in [5.41, 5.74) is 16.2. The predicted molar refractivity (Wildman–Crippen MR) is 481 cm³/mol. The van der Waals surface area contributed by atoms with E-state index in [1.54, 1.807) is 0 Å². The largest absolute Gasteiger partial charge is 2.00 e. The Kier molecular flexibility index (Phi) is 26.8. The molecule has 113 heavy (non-hydrogen) atoms. The van der Waals surface area contributed by atoms with Gasteiger partial charge in [0.05, 0.1) is 23.3 Å². The molecule has 0 N–H and O–H groups in total. The van der Waals surface area contributed by atoms with Crippen LogP contribution in [0.2, 0.25) is 0 Å². The van der Waals surface area contributed by atoms with E-state index in [9.17, 15) is 0 Å². The van der Waals surface area contributed by atoms with Gasteiger partial charge in [-0.15, -0.1) is 94.1 Å². The van der Waals surface area contributed by atoms with Crippen molar-refractivity contribution < 1.29 is 19.5 Å². The molecule has 0 saturated carbocycles. The van der Waals surface area contributed by atoms with Crippen LogP contribution in [0.15, 0.2) is 330 Å². The van der Waals surface area contributed by atoms with Crippen molar-refractivity contribution >= 4 is 138 Å². The summed E-state index contributed by atoms with van der Waals surface area (Å²) in [6.07, 6.45) is 7.36. The van der Waals surface area contributed by atoms with Crippen LogP contribution < -0.4 is 9.97 Å². The molecule has 3 aromatic heterocycles. The number of hydrogen-bond acceptors (Lipinski definition) is 14. The van der Waals surface area contributed by atoms with Gasteiger partial charge in [-0.2, -0.15) is 0 Å². The molecule has 0 amide bonds. The van der Waals surface area contributed by atoms with Crippen molar-refractivity contribution in [3.05, 3.63) is 336 Å². The molecule has 17 rings (SSSR count). The molecule has 15 aromatic rings. The average molecular weight is 1670 g/mol. The fourth-order valence-corrected chi connectivity index (χ4v) is 23.1. The Labute approximate surface area is 708 Å². The summed E-state index contributed by atoms with van der Waals surface area (Å²) in [6, 6.07) is 105. The number of aromatic nitrogens is 8. The van der Waals surface area contributed by atoms with Crippen molar-refractivity contribution in [3.63, 3.8) is 0 Å². The first-order valence-electron chi connectivity index (χ1n) is 38.3. The zero-order valence-electron chi connectivity index (χ0n) is 62.6. The summed E-state index contributed by atoms with van der Waals surface area (Å²) in [4.78, 5) is 55.2. The molecule has 0 spiro atoms. The minimum Gasteiger partial charge on any atom is -0.357 e. The first-order valence-corrected chi connectivity index (χ1v) is 46.1. The summed E-state index contributed by atoms with van der Waals surface area (Å²) in [5, 5.41) is 3.59. The maximum Gasteiger partial charge on any atom is 2.00 e. The fraction of sp³-hybridized carbons (Fsp3) is 0.167. The van der Waals surface area contributed by atoms with E-state index >= 15 is 0 Å². The molecule has 0 unspecified atom stereocenters. The smallest absolute Gasteiger partial charge is 0.357 e. The third-order valence-corrected chi connectivity index (χ3v) is 28.9. The van der Waals surface area contributed by atoms with Crippen molar-refractivity contribution in [2.75, 3.05) is 46.0 Å². The number of nitrogens with zero attached hydrogens (tertiary/aromatic N) is 8. The molecule has 2 aliphatic rings. The van der Waals surface area contributed by atoms with Gasteiger partial charge >= 0.3 is 19.5 Å². The topological polar surface area (TPSA) is 106 Å². The van der Waals surface area contributed by atoms with Gasteiger partial charge in [-0.1, -0.05) is 243 Å². The number of aryl methyl sites for hydroxylation is 8. The fourth-order valence-electron chi connectivity index (χ4n) is 14.0. The zero-order chi connectivity index (χ0) is 75.0. The molecule has 0 atom stereocenters. The zero-order valence-corrected chi connectivity index (χ0v) is 72.1. The van der Waals surface area contributed by atoms with Gasteiger partial charge in [0.25, 0.3) is 0 Å². The van der Waals surface area contributed by atoms with Crippen molar-refractivity contribution in [1.82, 2.24) is 39.9 Å². The third kappa shape index (κ3) is 19.9. The van der Waals surface area contributed by atoms with Gasteiger partial charge in [-0.25, -0.2) is 9.97 Å². The first kappa shape index (κ1) is 78.3. The molecule has 12 aromatic carbocycles. The summed E-state index contributed by atoms with van der Waals surface area (Å²) in [7, 11) is 0. The Bertz CT molecular complexity index is 5200. The quantitative estimate of drug-likeness (QED) is 0.0295. The van der Waals surface area contributed by atoms with Gasteiger partial charge in [0, 0.05) is 130 Å². The summed E-state index contributed by atoms with van der Waals surface area (Å²) >= 11 is 15.1. The van der Waals surface area contributed by atoms with E-state index in [1.165, 1.54) is 83.7 Å². The maximum atomic E-state index is 5.78. The minimum absolute atomic E-state index is 0. The number of fused-ring (bicyclic) bond motifs is 20. The molecule has 0 saturated heterocycles. The Morgan fingerprint density at radius 2 is 0.336 bits per heavy atom. The maximum absolute atomic E-state index is 5.78. The van der Waals surface area contributed by atoms with Gasteiger partial charge in [0.1, 0.15) is 0 Å². The normalized spacial score (nSPS) is 11.6. The van der Waals surface area contributed by atoms with Crippen molar-refractivity contribution in [3.8, 4) is 45.6 Å². The van der Waals surface area contributed by atoms with E-state index in [0.29, 0.717) is 45.9 Å². The van der Waals surface area contributed by atoms with Gasteiger partial charge in [0.2, 0.25) is 0 Å². The second kappa shape index (κ2) is 38.7. The van der Waals surface area contributed by atoms with Crippen LogP contribution >= 0.6 is 94.1 Å². The van der Waals surface area contributed by atoms with Crippen LogP contribution in [0.25, 0.3) is 89.7 Å². The van der Waals surface area contributed by atoms with Crippen molar-refractivity contribution in [1.29, 1.82) is 0 Å². The molecule has 554 valence electrons. The molecule has 8 nitrogen and oxygen atoms in total. The Morgan fingerprint density at radius 1 is 0.186 bits per heavy atom. The van der Waals surface area contributed by atoms with E-state index in [2.05, 4.69) is 291 Å². The average Bonchev–Trinajstić information content (AvgIpc) is 1.59. The Balaban J connectivity index is 0.00000964. The molecule has 5 heterocycles. The van der Waals surface area contributed by atoms with E-state index < -0.39 is 0 Å². The molecule has 2 aliphatic heterocycles. The number of benzene rings is 12. The second-order valence-electron chi connectivity index (χ2n) is 27.5. The van der Waals surface area contributed by atoms with Crippen molar-refractivity contribution in [2.45, 2.75) is 90.5 Å². The molecule has 8 bridgehead atoms. The molecular weight excluding hydrogens is 1590 g/mol. The van der Waals surface area contributed by atoms with Crippen LogP contribution in [0, 0.1) is 0 Å². The summed E-state index contributed by atoms with van der Waals surface area (Å²) in [5.74, 6) is 9.27. The molecule has 0 fully saturated rings. The van der Waals surface area contributed by atoms with E-state index in [1.807, 2.05) is 94.1 Å². The summed E-state index contributed by atoms with van der Waals surface area (Å²) in [6.45, 7) is 0. The molecule has 17 heteroatoms. The Morgan fingerprint density at radius 3 is 0.496 bits per heavy atom. The Hall–Kier alpha value is -8.58. The van der Waals surface area contributed by atoms with Gasteiger partial charge < -0.3 is 29.9 Å². The minimum atomic E-state index is 0. The standard InChI is InChI=1S/C96H80N8S8.Zn/c1-9-25-65(26-10-1)41-49-105-81-57-73-74(58-82(81)106-50-42-66-27-11-2-12-28-66)90-97-89(73)101-91-75-59-83(107-51-43-67-29-13-3-14-30-67)84(108-52-44-68-31-15-4-16-32-68)60-76(75)93(98-91)103-95-79-63-87(111-55-47-71-37-21-7-22-38-71)88(112-56-48-72-39-23-8-24-40-72)64-80(79)96(100-95)104-94-78-62-86(110-54-46-70-35-19-6-20-36-70)85(61-77(78)92(99-94)102-90)109-53-45-69-33-17-5-18-34-69;/h1-40,57-64H,41-56H2;/q-2;+2. The van der Waals surface area contributed by atoms with Crippen molar-refractivity contribution in [2.24, 2.45) is 0 Å². The van der Waals surface area contributed by atoms with E-state index in [0.717, 1.165) is 141 Å². The molecule has 0 radical (unpaired) electrons. The van der Waals surface area contributed by atoms with Crippen LogP contribution in [-0.4, -0.2) is 75.9 Å². The number of thioether (sulfide) groups is 8. The van der Waals surface area contributed by atoms with Gasteiger partial charge in [-0.3, -0.25) is 0 Å². The first-order chi connectivity index (χ1) is 55.5. The van der Waals surface area contributed by atoms with E-state index in [4.69, 9.17) is 39.9 Å². The van der Waals surface area contributed by atoms with Gasteiger partial charge in [0.15, 0.2) is 0 Å². The summed E-state index contributed by atoms with van der Waals surface area (Å²) < 4.78 is 0. The SMILES string of the molecule is [Zn+2].c1ccc(CCSc2cc3c(cc2SCCc2ccccc2)-c2nc-3nc3[n-]c(nc4nc(nc5[n-]c(n2)c2cc(SCCc6ccccc6)c(SCCc6ccccc6)cc52)-c2cc(SCCc5ccccc5)c(SCCc5ccccc5)cc2-4)c2cc(SCCc4ccccc4)c(SCCc4ccccc4)cc32)cc1. The van der Waals surface area contributed by atoms with E-state index in [-0.39, 0.29) is 19.5 Å². The monoisotopic (exact) mass is 1660 g/mol. The third-order valence-electron chi connectivity index (χ3n) is 19.9. The van der Waals surface area contributed by atoms with Gasteiger partial charge in [-0.05, 0) is 166 Å². The van der Waals surface area contributed by atoms with Crippen LogP contribution in [0.5, 0.6) is 0 Å². The second-order valence-corrected chi connectivity index (χ2v) is 36.6. The van der Waals surface area contributed by atoms with Crippen LogP contribution in [0.3, 0.4) is 0 Å². The predicted octanol–water partition coefficient (Wildman–Crippen LogP) is 24.8. The molecule has 0 aliphatic carbocycles. The van der Waals surface area contributed by atoms with Crippen LogP contribution in [-0.2, 0) is 70.8 Å².